The minimum Gasteiger partial charge on any atom is -0.469 e. The standard InChI is InChI=1S/C15H19NO2/c1-2-12-5-6-13(16-11-12)10-14(17)7-8-15-4-3-9-18-15/h3-6,9,11,14,17H,2,7-8,10H2,1H3. The number of hydrogen-bond acceptors (Lipinski definition) is 3. The summed E-state index contributed by atoms with van der Waals surface area (Å²) in [6, 6.07) is 7.87. The zero-order valence-electron chi connectivity index (χ0n) is 10.7. The average Bonchev–Trinajstić information content (AvgIpc) is 2.90. The van der Waals surface area contributed by atoms with E-state index in [1.165, 1.54) is 5.56 Å². The molecule has 0 bridgehead atoms. The number of pyridine rings is 1. The molecule has 1 atom stereocenters. The van der Waals surface area contributed by atoms with Gasteiger partial charge < -0.3 is 9.52 Å². The predicted molar refractivity (Wildman–Crippen MR) is 70.4 cm³/mol. The van der Waals surface area contributed by atoms with Crippen molar-refractivity contribution in [3.63, 3.8) is 0 Å². The second kappa shape index (κ2) is 6.36. The minimum atomic E-state index is -0.366. The van der Waals surface area contributed by atoms with E-state index in [0.717, 1.165) is 24.3 Å². The fraction of sp³-hybridized carbons (Fsp3) is 0.400. The fourth-order valence-corrected chi connectivity index (χ4v) is 1.89. The molecule has 1 unspecified atom stereocenters. The fourth-order valence-electron chi connectivity index (χ4n) is 1.89. The summed E-state index contributed by atoms with van der Waals surface area (Å²) in [7, 11) is 0. The second-order valence-electron chi connectivity index (χ2n) is 4.49. The van der Waals surface area contributed by atoms with Crippen LogP contribution in [0.15, 0.2) is 41.1 Å². The predicted octanol–water partition coefficient (Wildman–Crippen LogP) is 2.77. The van der Waals surface area contributed by atoms with E-state index >= 15 is 0 Å². The maximum Gasteiger partial charge on any atom is 0.103 e. The van der Waals surface area contributed by atoms with Crippen molar-refractivity contribution in [3.05, 3.63) is 53.7 Å². The Bertz CT molecular complexity index is 448. The van der Waals surface area contributed by atoms with Crippen molar-refractivity contribution in [1.82, 2.24) is 4.98 Å². The van der Waals surface area contributed by atoms with Gasteiger partial charge in [-0.2, -0.15) is 0 Å². The van der Waals surface area contributed by atoms with Crippen molar-refractivity contribution in [2.75, 3.05) is 0 Å². The van der Waals surface area contributed by atoms with Gasteiger partial charge in [0.1, 0.15) is 5.76 Å². The molecule has 0 amide bonds. The number of rotatable bonds is 6. The van der Waals surface area contributed by atoms with Gasteiger partial charge >= 0.3 is 0 Å². The summed E-state index contributed by atoms with van der Waals surface area (Å²) in [5, 5.41) is 9.95. The highest BCUT2D eigenvalue weighted by Gasteiger charge is 2.08. The summed E-state index contributed by atoms with van der Waals surface area (Å²) >= 11 is 0. The van der Waals surface area contributed by atoms with Gasteiger partial charge in [0.15, 0.2) is 0 Å². The monoisotopic (exact) mass is 245 g/mol. The molecule has 0 aliphatic rings. The molecule has 0 aliphatic carbocycles. The van der Waals surface area contributed by atoms with Gasteiger partial charge in [0.05, 0.1) is 12.4 Å². The van der Waals surface area contributed by atoms with Crippen molar-refractivity contribution in [2.45, 2.75) is 38.7 Å². The Morgan fingerprint density at radius 1 is 1.33 bits per heavy atom. The molecular weight excluding hydrogens is 226 g/mol. The van der Waals surface area contributed by atoms with E-state index < -0.39 is 0 Å². The lowest BCUT2D eigenvalue weighted by molar-refractivity contribution is 0.162. The second-order valence-corrected chi connectivity index (χ2v) is 4.49. The van der Waals surface area contributed by atoms with Gasteiger partial charge in [-0.05, 0) is 36.6 Å². The van der Waals surface area contributed by atoms with Gasteiger partial charge in [-0.3, -0.25) is 4.98 Å². The van der Waals surface area contributed by atoms with E-state index in [1.54, 1.807) is 6.26 Å². The lowest BCUT2D eigenvalue weighted by atomic mass is 10.1. The number of aryl methyl sites for hydroxylation is 2. The van der Waals surface area contributed by atoms with Gasteiger partial charge in [0, 0.05) is 24.7 Å². The Morgan fingerprint density at radius 2 is 2.22 bits per heavy atom. The molecule has 0 spiro atoms. The number of aliphatic hydroxyl groups is 1. The molecule has 2 heterocycles. The Hall–Kier alpha value is -1.61. The molecule has 2 aromatic rings. The molecule has 0 aromatic carbocycles. The van der Waals surface area contributed by atoms with E-state index in [4.69, 9.17) is 4.42 Å². The molecule has 2 rings (SSSR count). The molecule has 18 heavy (non-hydrogen) atoms. The smallest absolute Gasteiger partial charge is 0.103 e. The average molecular weight is 245 g/mol. The normalized spacial score (nSPS) is 12.6. The Kier molecular flexibility index (Phi) is 4.53. The van der Waals surface area contributed by atoms with Gasteiger partial charge in [0.2, 0.25) is 0 Å². The van der Waals surface area contributed by atoms with Crippen molar-refractivity contribution in [3.8, 4) is 0 Å². The third-order valence-corrected chi connectivity index (χ3v) is 3.04. The first-order valence-corrected chi connectivity index (χ1v) is 6.42. The number of aromatic nitrogens is 1. The van der Waals surface area contributed by atoms with Crippen molar-refractivity contribution in [2.24, 2.45) is 0 Å². The van der Waals surface area contributed by atoms with Crippen LogP contribution in [0.3, 0.4) is 0 Å². The molecule has 0 fully saturated rings. The third kappa shape index (κ3) is 3.70. The summed E-state index contributed by atoms with van der Waals surface area (Å²) in [6.45, 7) is 2.11. The highest BCUT2D eigenvalue weighted by Crippen LogP contribution is 2.10. The number of nitrogens with zero attached hydrogens (tertiary/aromatic N) is 1. The Labute approximate surface area is 107 Å². The maximum atomic E-state index is 9.95. The van der Waals surface area contributed by atoms with E-state index in [-0.39, 0.29) is 6.10 Å². The lowest BCUT2D eigenvalue weighted by Crippen LogP contribution is -2.12. The van der Waals surface area contributed by atoms with Crippen LogP contribution in [0, 0.1) is 0 Å². The quantitative estimate of drug-likeness (QED) is 0.851. The zero-order chi connectivity index (χ0) is 12.8. The highest BCUT2D eigenvalue weighted by molar-refractivity contribution is 5.14. The summed E-state index contributed by atoms with van der Waals surface area (Å²) in [4.78, 5) is 4.35. The van der Waals surface area contributed by atoms with Gasteiger partial charge in [-0.15, -0.1) is 0 Å². The van der Waals surface area contributed by atoms with Crippen LogP contribution in [-0.2, 0) is 19.3 Å². The van der Waals surface area contributed by atoms with E-state index in [0.29, 0.717) is 12.8 Å². The molecule has 0 saturated heterocycles. The summed E-state index contributed by atoms with van der Waals surface area (Å²) in [5.74, 6) is 0.920. The van der Waals surface area contributed by atoms with E-state index in [1.807, 2.05) is 24.4 Å². The van der Waals surface area contributed by atoms with Crippen LogP contribution in [-0.4, -0.2) is 16.2 Å². The largest absolute Gasteiger partial charge is 0.469 e. The lowest BCUT2D eigenvalue weighted by Gasteiger charge is -2.09. The molecular formula is C15H19NO2. The molecule has 0 aliphatic heterocycles. The summed E-state index contributed by atoms with van der Waals surface area (Å²) in [6.07, 6.45) is 6.24. The van der Waals surface area contributed by atoms with E-state index in [2.05, 4.69) is 18.0 Å². The van der Waals surface area contributed by atoms with Crippen molar-refractivity contribution in [1.29, 1.82) is 0 Å². The first-order chi connectivity index (χ1) is 8.78. The zero-order valence-corrected chi connectivity index (χ0v) is 10.7. The first kappa shape index (κ1) is 12.8. The van der Waals surface area contributed by atoms with Crippen LogP contribution in [0.4, 0.5) is 0 Å². The molecule has 3 nitrogen and oxygen atoms in total. The third-order valence-electron chi connectivity index (χ3n) is 3.04. The van der Waals surface area contributed by atoms with Crippen LogP contribution >= 0.6 is 0 Å². The van der Waals surface area contributed by atoms with Crippen LogP contribution in [0.25, 0.3) is 0 Å². The van der Waals surface area contributed by atoms with Crippen LogP contribution in [0.2, 0.25) is 0 Å². The van der Waals surface area contributed by atoms with Crippen molar-refractivity contribution < 1.29 is 9.52 Å². The van der Waals surface area contributed by atoms with Gasteiger partial charge in [-0.25, -0.2) is 0 Å². The molecule has 1 N–H and O–H groups in total. The van der Waals surface area contributed by atoms with Crippen molar-refractivity contribution >= 4 is 0 Å². The molecule has 0 saturated carbocycles. The van der Waals surface area contributed by atoms with E-state index in [9.17, 15) is 5.11 Å². The molecule has 3 heteroatoms. The minimum absolute atomic E-state index is 0.366. The molecule has 2 aromatic heterocycles. The van der Waals surface area contributed by atoms with Crippen LogP contribution in [0.5, 0.6) is 0 Å². The maximum absolute atomic E-state index is 9.95. The summed E-state index contributed by atoms with van der Waals surface area (Å²) < 4.78 is 5.24. The SMILES string of the molecule is CCc1ccc(CC(O)CCc2ccco2)nc1. The molecule has 0 radical (unpaired) electrons. The molecule has 96 valence electrons. The Morgan fingerprint density at radius 3 is 2.83 bits per heavy atom. The van der Waals surface area contributed by atoms with Crippen LogP contribution in [0.1, 0.15) is 30.4 Å². The first-order valence-electron chi connectivity index (χ1n) is 6.42. The Balaban J connectivity index is 1.80. The van der Waals surface area contributed by atoms with Gasteiger partial charge in [-0.1, -0.05) is 13.0 Å². The number of aliphatic hydroxyl groups excluding tert-OH is 1. The highest BCUT2D eigenvalue weighted by atomic mass is 16.3. The topological polar surface area (TPSA) is 46.3 Å². The van der Waals surface area contributed by atoms with Crippen LogP contribution < -0.4 is 0 Å². The summed E-state index contributed by atoms with van der Waals surface area (Å²) in [5.41, 5.74) is 2.17. The van der Waals surface area contributed by atoms with Gasteiger partial charge in [0.25, 0.3) is 0 Å². The number of hydrogen-bond donors (Lipinski definition) is 1. The number of furan rings is 1.